The SMILES string of the molecule is C#CCN(C)S(=O)(=O)c1ccc(C)cc1I. The first-order valence-electron chi connectivity index (χ1n) is 4.55. The van der Waals surface area contributed by atoms with Crippen molar-refractivity contribution < 1.29 is 8.42 Å². The van der Waals surface area contributed by atoms with Crippen LogP contribution in [-0.2, 0) is 10.0 Å². The number of hydrogen-bond donors (Lipinski definition) is 0. The zero-order valence-corrected chi connectivity index (χ0v) is 12.0. The molecule has 0 atom stereocenters. The first kappa shape index (κ1) is 13.5. The Labute approximate surface area is 110 Å². The molecule has 1 aromatic rings. The molecule has 86 valence electrons. The van der Waals surface area contributed by atoms with Gasteiger partial charge in [0.2, 0.25) is 10.0 Å². The molecule has 0 bridgehead atoms. The summed E-state index contributed by atoms with van der Waals surface area (Å²) in [5.74, 6) is 2.32. The molecule has 1 rings (SSSR count). The highest BCUT2D eigenvalue weighted by atomic mass is 127. The van der Waals surface area contributed by atoms with Gasteiger partial charge in [0.05, 0.1) is 11.4 Å². The number of hydrogen-bond acceptors (Lipinski definition) is 2. The molecule has 0 fully saturated rings. The summed E-state index contributed by atoms with van der Waals surface area (Å²) < 4.78 is 26.0. The van der Waals surface area contributed by atoms with Gasteiger partial charge < -0.3 is 0 Å². The van der Waals surface area contributed by atoms with Crippen molar-refractivity contribution in [1.29, 1.82) is 0 Å². The van der Waals surface area contributed by atoms with Gasteiger partial charge in [0.1, 0.15) is 0 Å². The molecule has 0 spiro atoms. The summed E-state index contributed by atoms with van der Waals surface area (Å²) in [6.07, 6.45) is 5.11. The first-order chi connectivity index (χ1) is 7.39. The lowest BCUT2D eigenvalue weighted by Crippen LogP contribution is -2.27. The highest BCUT2D eigenvalue weighted by molar-refractivity contribution is 14.1. The van der Waals surface area contributed by atoms with Crippen LogP contribution in [0.1, 0.15) is 5.56 Å². The third kappa shape index (κ3) is 2.75. The van der Waals surface area contributed by atoms with E-state index in [4.69, 9.17) is 6.42 Å². The minimum atomic E-state index is -3.47. The molecular formula is C11H12INO2S. The maximum absolute atomic E-state index is 12.1. The molecule has 5 heteroatoms. The maximum atomic E-state index is 12.1. The molecule has 0 aliphatic heterocycles. The molecule has 0 unspecified atom stereocenters. The predicted molar refractivity (Wildman–Crippen MR) is 72.5 cm³/mol. The van der Waals surface area contributed by atoms with E-state index in [2.05, 4.69) is 5.92 Å². The zero-order chi connectivity index (χ0) is 12.3. The number of rotatable bonds is 3. The molecule has 0 N–H and O–H groups in total. The Hall–Kier alpha value is -0.580. The second-order valence-electron chi connectivity index (χ2n) is 3.40. The third-order valence-corrected chi connectivity index (χ3v) is 5.21. The molecule has 0 aliphatic carbocycles. The van der Waals surface area contributed by atoms with Crippen LogP contribution in [0.25, 0.3) is 0 Å². The molecule has 0 aliphatic rings. The second-order valence-corrected chi connectivity index (χ2v) is 6.57. The van der Waals surface area contributed by atoms with Crippen molar-refractivity contribution in [3.8, 4) is 12.3 Å². The van der Waals surface area contributed by atoms with Gasteiger partial charge in [-0.3, -0.25) is 0 Å². The number of halogens is 1. The number of terminal acetylenes is 1. The standard InChI is InChI=1S/C11H12INO2S/c1-4-7-13(3)16(14,15)11-6-5-9(2)8-10(11)12/h1,5-6,8H,7H2,2-3H3. The zero-order valence-electron chi connectivity index (χ0n) is 9.07. The number of nitrogens with zero attached hydrogens (tertiary/aromatic N) is 1. The van der Waals surface area contributed by atoms with Crippen LogP contribution >= 0.6 is 22.6 Å². The highest BCUT2D eigenvalue weighted by Gasteiger charge is 2.22. The summed E-state index contributed by atoms with van der Waals surface area (Å²) in [5.41, 5.74) is 1.03. The molecule has 3 nitrogen and oxygen atoms in total. The van der Waals surface area contributed by atoms with E-state index in [1.165, 1.54) is 11.4 Å². The number of sulfonamides is 1. The lowest BCUT2D eigenvalue weighted by molar-refractivity contribution is 0.502. The molecule has 0 heterocycles. The van der Waals surface area contributed by atoms with Gasteiger partial charge in [-0.25, -0.2) is 8.42 Å². The van der Waals surface area contributed by atoms with Gasteiger partial charge in [-0.1, -0.05) is 12.0 Å². The maximum Gasteiger partial charge on any atom is 0.244 e. The van der Waals surface area contributed by atoms with E-state index >= 15 is 0 Å². The van der Waals surface area contributed by atoms with E-state index in [0.717, 1.165) is 5.56 Å². The van der Waals surface area contributed by atoms with Crippen molar-refractivity contribution in [3.63, 3.8) is 0 Å². The fourth-order valence-electron chi connectivity index (χ4n) is 1.20. The fraction of sp³-hybridized carbons (Fsp3) is 0.273. The summed E-state index contributed by atoms with van der Waals surface area (Å²) in [5, 5.41) is 0. The first-order valence-corrected chi connectivity index (χ1v) is 7.07. The Morgan fingerprint density at radius 1 is 1.50 bits per heavy atom. The Bertz CT molecular complexity index is 531. The van der Waals surface area contributed by atoms with E-state index in [1.54, 1.807) is 12.1 Å². The van der Waals surface area contributed by atoms with Crippen molar-refractivity contribution in [2.24, 2.45) is 0 Å². The van der Waals surface area contributed by atoms with Crippen LogP contribution in [0.2, 0.25) is 0 Å². The van der Waals surface area contributed by atoms with Crippen LogP contribution in [0.15, 0.2) is 23.1 Å². The minimum absolute atomic E-state index is 0.0757. The van der Waals surface area contributed by atoms with Gasteiger partial charge >= 0.3 is 0 Å². The molecular weight excluding hydrogens is 337 g/mol. The largest absolute Gasteiger partial charge is 0.244 e. The normalized spacial score (nSPS) is 11.4. The highest BCUT2D eigenvalue weighted by Crippen LogP contribution is 2.21. The van der Waals surface area contributed by atoms with Crippen molar-refractivity contribution >= 4 is 32.6 Å². The summed E-state index contributed by atoms with van der Waals surface area (Å²) in [7, 11) is -1.99. The molecule has 0 saturated carbocycles. The number of aryl methyl sites for hydroxylation is 1. The quantitative estimate of drug-likeness (QED) is 0.617. The monoisotopic (exact) mass is 349 g/mol. The van der Waals surface area contributed by atoms with Gasteiger partial charge in [-0.2, -0.15) is 4.31 Å². The topological polar surface area (TPSA) is 37.4 Å². The lowest BCUT2D eigenvalue weighted by atomic mass is 10.2. The van der Waals surface area contributed by atoms with Crippen molar-refractivity contribution in [3.05, 3.63) is 27.3 Å². The van der Waals surface area contributed by atoms with E-state index in [-0.39, 0.29) is 6.54 Å². The van der Waals surface area contributed by atoms with Crippen LogP contribution in [0, 0.1) is 22.8 Å². The summed E-state index contributed by atoms with van der Waals surface area (Å²) in [6.45, 7) is 2.00. The average Bonchev–Trinajstić information content (AvgIpc) is 2.17. The Morgan fingerprint density at radius 2 is 2.12 bits per heavy atom. The fourth-order valence-corrected chi connectivity index (χ4v) is 3.83. The van der Waals surface area contributed by atoms with Crippen molar-refractivity contribution in [2.75, 3.05) is 13.6 Å². The number of benzene rings is 1. The minimum Gasteiger partial charge on any atom is -0.207 e. The Morgan fingerprint density at radius 3 is 2.62 bits per heavy atom. The Kier molecular flexibility index (Phi) is 4.35. The molecule has 16 heavy (non-hydrogen) atoms. The molecule has 0 saturated heterocycles. The van der Waals surface area contributed by atoms with Gasteiger partial charge in [0, 0.05) is 10.6 Å². The van der Waals surface area contributed by atoms with Crippen molar-refractivity contribution in [2.45, 2.75) is 11.8 Å². The van der Waals surface area contributed by atoms with E-state index in [0.29, 0.717) is 8.47 Å². The van der Waals surface area contributed by atoms with Crippen LogP contribution in [0.4, 0.5) is 0 Å². The van der Waals surface area contributed by atoms with Crippen molar-refractivity contribution in [1.82, 2.24) is 4.31 Å². The van der Waals surface area contributed by atoms with Crippen LogP contribution in [0.3, 0.4) is 0 Å². The predicted octanol–water partition coefficient (Wildman–Crippen LogP) is 1.85. The van der Waals surface area contributed by atoms with Crippen LogP contribution in [-0.4, -0.2) is 26.3 Å². The van der Waals surface area contributed by atoms with Gasteiger partial charge in [0.15, 0.2) is 0 Å². The third-order valence-electron chi connectivity index (χ3n) is 2.09. The Balaban J connectivity index is 3.23. The van der Waals surface area contributed by atoms with E-state index in [1.807, 2.05) is 35.6 Å². The van der Waals surface area contributed by atoms with Gasteiger partial charge in [0.25, 0.3) is 0 Å². The summed E-state index contributed by atoms with van der Waals surface area (Å²) in [6, 6.07) is 5.22. The molecule has 1 aromatic carbocycles. The van der Waals surface area contributed by atoms with Crippen LogP contribution in [0.5, 0.6) is 0 Å². The van der Waals surface area contributed by atoms with Gasteiger partial charge in [-0.15, -0.1) is 6.42 Å². The smallest absolute Gasteiger partial charge is 0.207 e. The molecule has 0 radical (unpaired) electrons. The van der Waals surface area contributed by atoms with Crippen LogP contribution < -0.4 is 0 Å². The average molecular weight is 349 g/mol. The summed E-state index contributed by atoms with van der Waals surface area (Å²) in [4.78, 5) is 0.302. The van der Waals surface area contributed by atoms with Gasteiger partial charge in [-0.05, 0) is 47.2 Å². The lowest BCUT2D eigenvalue weighted by Gasteiger charge is -2.15. The molecule has 0 aromatic heterocycles. The summed E-state index contributed by atoms with van der Waals surface area (Å²) >= 11 is 2.02. The molecule has 0 amide bonds. The van der Waals surface area contributed by atoms with E-state index < -0.39 is 10.0 Å². The second kappa shape index (κ2) is 5.17. The van der Waals surface area contributed by atoms with E-state index in [9.17, 15) is 8.42 Å².